The summed E-state index contributed by atoms with van der Waals surface area (Å²) in [5.74, 6) is -2.30. The van der Waals surface area contributed by atoms with E-state index in [2.05, 4.69) is 15.6 Å². The summed E-state index contributed by atoms with van der Waals surface area (Å²) < 4.78 is 35.6. The number of pyridine rings is 1. The van der Waals surface area contributed by atoms with Crippen molar-refractivity contribution in [3.8, 4) is 0 Å². The predicted molar refractivity (Wildman–Crippen MR) is 138 cm³/mol. The molecule has 2 amide bonds. The maximum atomic E-state index is 13.5. The van der Waals surface area contributed by atoms with Crippen LogP contribution in [0.15, 0.2) is 54.7 Å². The number of nitrogens with zero attached hydrogens (tertiary/aromatic N) is 5. The van der Waals surface area contributed by atoms with Gasteiger partial charge in [0.15, 0.2) is 0 Å². The van der Waals surface area contributed by atoms with Crippen LogP contribution in [0.5, 0.6) is 0 Å². The van der Waals surface area contributed by atoms with Crippen molar-refractivity contribution in [1.82, 2.24) is 23.9 Å². The van der Waals surface area contributed by atoms with Gasteiger partial charge in [0.1, 0.15) is 5.69 Å². The number of aromatic nitrogens is 3. The van der Waals surface area contributed by atoms with E-state index in [0.717, 1.165) is 34.2 Å². The molecule has 0 saturated heterocycles. The van der Waals surface area contributed by atoms with Crippen LogP contribution in [0.4, 0.5) is 18.0 Å². The van der Waals surface area contributed by atoms with E-state index >= 15 is 0 Å². The zero-order valence-corrected chi connectivity index (χ0v) is 21.6. The fourth-order valence-electron chi connectivity index (χ4n) is 4.31. The van der Waals surface area contributed by atoms with Crippen LogP contribution in [0.25, 0.3) is 21.9 Å². The van der Waals surface area contributed by atoms with E-state index in [0.29, 0.717) is 18.2 Å². The molecule has 1 aliphatic carbocycles. The average molecular weight is 544 g/mol. The lowest BCUT2D eigenvalue weighted by Gasteiger charge is -2.19. The van der Waals surface area contributed by atoms with Gasteiger partial charge in [-0.15, -0.1) is 0 Å². The quantitative estimate of drug-likeness (QED) is 0.389. The Morgan fingerprint density at radius 3 is 2.23 bits per heavy atom. The normalized spacial score (nSPS) is 13.2. The van der Waals surface area contributed by atoms with Gasteiger partial charge < -0.3 is 19.5 Å². The summed E-state index contributed by atoms with van der Waals surface area (Å²) in [6, 6.07) is 15.4. The van der Waals surface area contributed by atoms with Gasteiger partial charge in [-0.2, -0.15) is 13.2 Å². The molecule has 39 heavy (non-hydrogen) atoms. The van der Waals surface area contributed by atoms with Gasteiger partial charge in [0, 0.05) is 39.3 Å². The van der Waals surface area contributed by atoms with E-state index in [-0.39, 0.29) is 11.9 Å². The number of amides is 2. The molecule has 206 valence electrons. The molecule has 0 radical (unpaired) electrons. The van der Waals surface area contributed by atoms with Crippen LogP contribution in [-0.2, 0) is 17.9 Å². The first-order valence-electron chi connectivity index (χ1n) is 12.2. The fraction of sp³-hybridized carbons (Fsp3) is 0.333. The first-order chi connectivity index (χ1) is 18.4. The molecule has 0 spiro atoms. The first kappa shape index (κ1) is 27.7. The number of carbonyl (C=O) groups is 3. The third-order valence-corrected chi connectivity index (χ3v) is 6.37. The smallest absolute Gasteiger partial charge is 0.475 e. The zero-order valence-electron chi connectivity index (χ0n) is 21.6. The Kier molecular flexibility index (Phi) is 7.66. The molecule has 0 aliphatic heterocycles. The zero-order chi connectivity index (χ0) is 28.5. The van der Waals surface area contributed by atoms with E-state index in [9.17, 15) is 22.8 Å². The van der Waals surface area contributed by atoms with E-state index in [4.69, 9.17) is 9.90 Å². The minimum Gasteiger partial charge on any atom is -0.475 e. The summed E-state index contributed by atoms with van der Waals surface area (Å²) in [5.41, 5.74) is 4.01. The largest absolute Gasteiger partial charge is 0.490 e. The molecule has 1 fully saturated rings. The van der Waals surface area contributed by atoms with Gasteiger partial charge in [-0.1, -0.05) is 24.3 Å². The minimum atomic E-state index is -5.08. The molecule has 3 heterocycles. The number of carbonyl (C=O) groups excluding carboxylic acids is 2. The van der Waals surface area contributed by atoms with E-state index in [1.807, 2.05) is 42.5 Å². The Hall–Kier alpha value is -4.35. The van der Waals surface area contributed by atoms with Gasteiger partial charge >= 0.3 is 18.2 Å². The summed E-state index contributed by atoms with van der Waals surface area (Å²) in [5, 5.41) is 8.12. The summed E-state index contributed by atoms with van der Waals surface area (Å²) in [7, 11) is 5.17. The highest BCUT2D eigenvalue weighted by molar-refractivity contribution is 6.14. The number of carboxylic acids is 1. The average Bonchev–Trinajstić information content (AvgIpc) is 3.56. The minimum absolute atomic E-state index is 0.205. The lowest BCUT2D eigenvalue weighted by molar-refractivity contribution is -0.192. The second-order valence-electron chi connectivity index (χ2n) is 9.63. The molecular weight excluding hydrogens is 515 g/mol. The topological polar surface area (TPSA) is 101 Å². The summed E-state index contributed by atoms with van der Waals surface area (Å²) in [6.45, 7) is 1.27. The number of para-hydroxylation sites is 1. The third-order valence-electron chi connectivity index (χ3n) is 6.37. The van der Waals surface area contributed by atoms with Crippen molar-refractivity contribution in [2.75, 3.05) is 21.1 Å². The van der Waals surface area contributed by atoms with Crippen molar-refractivity contribution in [2.45, 2.75) is 32.1 Å². The van der Waals surface area contributed by atoms with Crippen LogP contribution in [0.2, 0.25) is 0 Å². The maximum absolute atomic E-state index is 13.5. The van der Waals surface area contributed by atoms with Crippen LogP contribution >= 0.6 is 0 Å². The van der Waals surface area contributed by atoms with E-state index in [1.54, 1.807) is 36.8 Å². The first-order valence-corrected chi connectivity index (χ1v) is 12.2. The van der Waals surface area contributed by atoms with Gasteiger partial charge in [0.2, 0.25) is 0 Å². The van der Waals surface area contributed by atoms with Gasteiger partial charge in [0.25, 0.3) is 5.91 Å². The molecule has 1 aliphatic rings. The molecule has 12 heteroatoms. The monoisotopic (exact) mass is 543 g/mol. The van der Waals surface area contributed by atoms with Gasteiger partial charge in [-0.3, -0.25) is 14.3 Å². The molecule has 1 N–H and O–H groups in total. The number of benzene rings is 1. The van der Waals surface area contributed by atoms with Crippen molar-refractivity contribution in [2.24, 2.45) is 5.92 Å². The summed E-state index contributed by atoms with van der Waals surface area (Å²) in [6.07, 6.45) is -0.916. The Balaban J connectivity index is 0.000000448. The number of halogens is 3. The second-order valence-corrected chi connectivity index (χ2v) is 9.63. The molecule has 5 rings (SSSR count). The number of rotatable bonds is 5. The van der Waals surface area contributed by atoms with Crippen LogP contribution in [0, 0.1) is 5.92 Å². The molecule has 3 aromatic heterocycles. The number of carboxylic acid groups (broad SMARTS) is 1. The van der Waals surface area contributed by atoms with Crippen molar-refractivity contribution < 1.29 is 32.7 Å². The number of hydrogen-bond acceptors (Lipinski definition) is 4. The van der Waals surface area contributed by atoms with Crippen LogP contribution in [0.1, 0.15) is 29.0 Å². The van der Waals surface area contributed by atoms with Crippen molar-refractivity contribution in [3.63, 3.8) is 0 Å². The van der Waals surface area contributed by atoms with Crippen molar-refractivity contribution in [1.29, 1.82) is 0 Å². The van der Waals surface area contributed by atoms with Gasteiger partial charge in [-0.05, 0) is 43.0 Å². The molecule has 9 nitrogen and oxygen atoms in total. The molecule has 0 bridgehead atoms. The number of alkyl halides is 3. The van der Waals surface area contributed by atoms with Crippen LogP contribution in [0.3, 0.4) is 0 Å². The van der Waals surface area contributed by atoms with Crippen LogP contribution in [-0.4, -0.2) is 74.3 Å². The molecule has 0 atom stereocenters. The Morgan fingerprint density at radius 2 is 1.67 bits per heavy atom. The van der Waals surface area contributed by atoms with Gasteiger partial charge in [-0.25, -0.2) is 9.59 Å². The molecular formula is C27H28F3N5O4. The highest BCUT2D eigenvalue weighted by Gasteiger charge is 2.38. The fourth-order valence-corrected chi connectivity index (χ4v) is 4.31. The molecule has 0 unspecified atom stereocenters. The number of hydrogen-bond donors (Lipinski definition) is 1. The molecule has 4 aromatic rings. The third kappa shape index (κ3) is 5.89. The lowest BCUT2D eigenvalue weighted by Crippen LogP contribution is -2.34. The van der Waals surface area contributed by atoms with Crippen LogP contribution < -0.4 is 0 Å². The van der Waals surface area contributed by atoms with E-state index in [1.165, 1.54) is 17.7 Å². The van der Waals surface area contributed by atoms with Crippen molar-refractivity contribution >= 4 is 39.8 Å². The highest BCUT2D eigenvalue weighted by atomic mass is 19.4. The number of aliphatic carboxylic acids is 1. The SMILES string of the molecule is CN(C)C(=O)n1c(C(=O)N(C)Cc2ccccn2)cc2c1c1ccccc1n2CC1CC1.O=C(O)C(F)(F)F. The Labute approximate surface area is 222 Å². The standard InChI is InChI=1S/C25H27N5O2.C2HF3O2/c1-27(2)25(32)30-22(24(31)28(3)16-18-8-6-7-13-26-18)14-21-23(30)19-9-4-5-10-20(19)29(21)15-17-11-12-17;3-2(4,5)1(6)7/h4-10,13-14,17H,11-12,15-16H2,1-3H3;(H,6,7). The highest BCUT2D eigenvalue weighted by Crippen LogP contribution is 2.37. The Morgan fingerprint density at radius 1 is 1.03 bits per heavy atom. The van der Waals surface area contributed by atoms with Gasteiger partial charge in [0.05, 0.1) is 28.8 Å². The number of fused-ring (bicyclic) bond motifs is 3. The predicted octanol–water partition coefficient (Wildman–Crippen LogP) is 4.84. The van der Waals surface area contributed by atoms with E-state index < -0.39 is 12.1 Å². The molecule has 1 saturated carbocycles. The maximum Gasteiger partial charge on any atom is 0.490 e. The van der Waals surface area contributed by atoms with Crippen molar-refractivity contribution in [3.05, 3.63) is 66.1 Å². The lowest BCUT2D eigenvalue weighted by atomic mass is 10.2. The second kappa shape index (κ2) is 10.8. The molecule has 1 aromatic carbocycles. The summed E-state index contributed by atoms with van der Waals surface area (Å²) >= 11 is 0. The Bertz CT molecular complexity index is 1520. The summed E-state index contributed by atoms with van der Waals surface area (Å²) in [4.78, 5) is 43.2.